The molecule has 1 heterocycles. The fourth-order valence-electron chi connectivity index (χ4n) is 3.53. The van der Waals surface area contributed by atoms with E-state index in [9.17, 15) is 18.3 Å². The number of phenols is 1. The Hall–Kier alpha value is -1.33. The number of alkyl halides is 5. The second-order valence-corrected chi connectivity index (χ2v) is 8.44. The van der Waals surface area contributed by atoms with E-state index in [0.717, 1.165) is 6.07 Å². The van der Waals surface area contributed by atoms with Crippen LogP contribution in [0.5, 0.6) is 5.75 Å². The van der Waals surface area contributed by atoms with Crippen LogP contribution in [0.2, 0.25) is 0 Å². The predicted octanol–water partition coefficient (Wildman–Crippen LogP) is 6.07. The van der Waals surface area contributed by atoms with Gasteiger partial charge in [-0.2, -0.15) is 13.2 Å². The predicted molar refractivity (Wildman–Crippen MR) is 95.9 cm³/mol. The molecule has 0 saturated carbocycles. The second-order valence-electron chi connectivity index (χ2n) is 7.28. The van der Waals surface area contributed by atoms with Crippen LogP contribution < -0.4 is 4.90 Å². The minimum absolute atomic E-state index is 0.0203. The number of phenolic OH excluding ortho intramolecular Hbond substituents is 1. The van der Waals surface area contributed by atoms with Gasteiger partial charge in [-0.1, -0.05) is 12.1 Å². The van der Waals surface area contributed by atoms with Crippen LogP contribution in [0.15, 0.2) is 24.3 Å². The number of hydrogen-bond donors (Lipinski definition) is 1. The summed E-state index contributed by atoms with van der Waals surface area (Å²) < 4.78 is 40.8. The molecule has 0 aromatic heterocycles. The highest BCUT2D eigenvalue weighted by Crippen LogP contribution is 2.52. The first-order valence-corrected chi connectivity index (χ1v) is 8.71. The van der Waals surface area contributed by atoms with Crippen LogP contribution in [0.1, 0.15) is 37.8 Å². The van der Waals surface area contributed by atoms with E-state index in [-0.39, 0.29) is 22.1 Å². The zero-order valence-electron chi connectivity index (χ0n) is 14.0. The molecule has 1 aliphatic rings. The van der Waals surface area contributed by atoms with Gasteiger partial charge in [0.05, 0.1) is 5.56 Å². The highest BCUT2D eigenvalue weighted by atomic mass is 35.5. The topological polar surface area (TPSA) is 23.5 Å². The van der Waals surface area contributed by atoms with Gasteiger partial charge in [0.1, 0.15) is 10.6 Å². The molecule has 1 N–H and O–H groups in total. The Labute approximate surface area is 154 Å². The van der Waals surface area contributed by atoms with Gasteiger partial charge in [0, 0.05) is 40.5 Å². The van der Waals surface area contributed by atoms with Gasteiger partial charge >= 0.3 is 6.18 Å². The third-order valence-corrected chi connectivity index (χ3v) is 5.23. The average Bonchev–Trinajstić information content (AvgIpc) is 2.85. The molecule has 1 aliphatic heterocycles. The first-order chi connectivity index (χ1) is 11.4. The molecular weight excluding hydrogens is 374 g/mol. The standard InChI is InChI=1S/C18H18Cl2F3NO/c1-17(2,3)24-8-10(16(19)20)15-12(24)7-13(25)9-5-4-6-11(14(9)15)18(21,22)23/h4-7,10,16,25H,8H2,1-3H3/t10-/m1/s1. The summed E-state index contributed by atoms with van der Waals surface area (Å²) >= 11 is 12.3. The number of rotatable bonds is 1. The van der Waals surface area contributed by atoms with Gasteiger partial charge in [-0.15, -0.1) is 23.2 Å². The molecular formula is C18H18Cl2F3NO. The van der Waals surface area contributed by atoms with Gasteiger partial charge in [0.15, 0.2) is 0 Å². The largest absolute Gasteiger partial charge is 0.507 e. The molecule has 3 rings (SSSR count). The Morgan fingerprint density at radius 1 is 1.20 bits per heavy atom. The molecule has 0 saturated heterocycles. The maximum absolute atomic E-state index is 13.6. The molecule has 136 valence electrons. The highest BCUT2D eigenvalue weighted by Gasteiger charge is 2.42. The lowest BCUT2D eigenvalue weighted by Crippen LogP contribution is -2.41. The summed E-state index contributed by atoms with van der Waals surface area (Å²) in [5, 5.41) is 10.5. The fraction of sp³-hybridized carbons (Fsp3) is 0.444. The van der Waals surface area contributed by atoms with Crippen LogP contribution in [-0.2, 0) is 6.18 Å². The molecule has 2 aromatic rings. The summed E-state index contributed by atoms with van der Waals surface area (Å²) in [6, 6.07) is 5.31. The summed E-state index contributed by atoms with van der Waals surface area (Å²) in [5.41, 5.74) is -0.150. The van der Waals surface area contributed by atoms with Crippen LogP contribution in [-0.4, -0.2) is 22.0 Å². The van der Waals surface area contributed by atoms with Crippen molar-refractivity contribution in [2.45, 2.75) is 43.2 Å². The minimum Gasteiger partial charge on any atom is -0.507 e. The molecule has 1 atom stereocenters. The highest BCUT2D eigenvalue weighted by molar-refractivity contribution is 6.45. The van der Waals surface area contributed by atoms with E-state index in [2.05, 4.69) is 0 Å². The van der Waals surface area contributed by atoms with Crippen LogP contribution in [0, 0.1) is 0 Å². The molecule has 25 heavy (non-hydrogen) atoms. The number of aromatic hydroxyl groups is 1. The van der Waals surface area contributed by atoms with Gasteiger partial charge in [-0.25, -0.2) is 0 Å². The maximum atomic E-state index is 13.6. The van der Waals surface area contributed by atoms with Crippen molar-refractivity contribution >= 4 is 39.7 Å². The lowest BCUT2D eigenvalue weighted by atomic mass is 9.91. The summed E-state index contributed by atoms with van der Waals surface area (Å²) in [6.07, 6.45) is -4.55. The Kier molecular flexibility index (Phi) is 4.32. The van der Waals surface area contributed by atoms with E-state index in [0.29, 0.717) is 17.8 Å². The molecule has 0 aliphatic carbocycles. The molecule has 0 fully saturated rings. The second kappa shape index (κ2) is 5.85. The lowest BCUT2D eigenvalue weighted by molar-refractivity contribution is -0.136. The quantitative estimate of drug-likeness (QED) is 0.596. The summed E-state index contributed by atoms with van der Waals surface area (Å²) in [7, 11) is 0. The molecule has 2 aromatic carbocycles. The van der Waals surface area contributed by atoms with E-state index in [1.807, 2.05) is 25.7 Å². The van der Waals surface area contributed by atoms with E-state index < -0.39 is 22.5 Å². The number of benzene rings is 2. The monoisotopic (exact) mass is 391 g/mol. The van der Waals surface area contributed by atoms with Crippen molar-refractivity contribution in [2.24, 2.45) is 0 Å². The van der Waals surface area contributed by atoms with E-state index in [1.54, 1.807) is 0 Å². The third kappa shape index (κ3) is 3.02. The Bertz CT molecular complexity index is 828. The third-order valence-electron chi connectivity index (χ3n) is 4.62. The average molecular weight is 392 g/mol. The van der Waals surface area contributed by atoms with Crippen molar-refractivity contribution in [1.29, 1.82) is 0 Å². The molecule has 0 spiro atoms. The van der Waals surface area contributed by atoms with Gasteiger partial charge in [0.25, 0.3) is 0 Å². The van der Waals surface area contributed by atoms with Crippen molar-refractivity contribution < 1.29 is 18.3 Å². The van der Waals surface area contributed by atoms with Gasteiger partial charge in [-0.3, -0.25) is 0 Å². The summed E-state index contributed by atoms with van der Waals surface area (Å²) in [4.78, 5) is 1.08. The Morgan fingerprint density at radius 2 is 1.84 bits per heavy atom. The number of nitrogens with zero attached hydrogens (tertiary/aromatic N) is 1. The lowest BCUT2D eigenvalue weighted by Gasteiger charge is -2.35. The fourth-order valence-corrected chi connectivity index (χ4v) is 3.94. The number of fused-ring (bicyclic) bond motifs is 3. The number of anilines is 1. The minimum atomic E-state index is -4.55. The molecule has 2 nitrogen and oxygen atoms in total. The normalized spacial score (nSPS) is 18.3. The van der Waals surface area contributed by atoms with Gasteiger partial charge in [-0.05, 0) is 32.4 Å². The first-order valence-electron chi connectivity index (χ1n) is 7.84. The zero-order chi connectivity index (χ0) is 18.7. The van der Waals surface area contributed by atoms with Crippen molar-refractivity contribution in [1.82, 2.24) is 0 Å². The van der Waals surface area contributed by atoms with Crippen LogP contribution >= 0.6 is 23.2 Å². The smallest absolute Gasteiger partial charge is 0.417 e. The maximum Gasteiger partial charge on any atom is 0.417 e. The summed E-state index contributed by atoms with van der Waals surface area (Å²) in [5.74, 6) is -0.667. The van der Waals surface area contributed by atoms with Crippen LogP contribution in [0.25, 0.3) is 10.8 Å². The van der Waals surface area contributed by atoms with E-state index >= 15 is 0 Å². The van der Waals surface area contributed by atoms with Crippen LogP contribution in [0.4, 0.5) is 18.9 Å². The SMILES string of the molecule is CC(C)(C)N1C[C@@H](C(Cl)Cl)c2c1cc(O)c1cccc(C(F)(F)F)c21. The Balaban J connectivity index is 2.45. The Morgan fingerprint density at radius 3 is 2.36 bits per heavy atom. The molecule has 0 unspecified atom stereocenters. The molecule has 0 bridgehead atoms. The van der Waals surface area contributed by atoms with Crippen molar-refractivity contribution in [3.8, 4) is 5.75 Å². The molecule has 0 radical (unpaired) electrons. The van der Waals surface area contributed by atoms with E-state index in [4.69, 9.17) is 23.2 Å². The van der Waals surface area contributed by atoms with E-state index in [1.165, 1.54) is 18.2 Å². The van der Waals surface area contributed by atoms with Gasteiger partial charge in [0.2, 0.25) is 0 Å². The molecule has 7 heteroatoms. The van der Waals surface area contributed by atoms with Crippen molar-refractivity contribution in [2.75, 3.05) is 11.4 Å². The van der Waals surface area contributed by atoms with Gasteiger partial charge < -0.3 is 10.0 Å². The van der Waals surface area contributed by atoms with Crippen LogP contribution in [0.3, 0.4) is 0 Å². The number of hydrogen-bond acceptors (Lipinski definition) is 2. The zero-order valence-corrected chi connectivity index (χ0v) is 15.5. The first kappa shape index (κ1) is 18.5. The van der Waals surface area contributed by atoms with Crippen molar-refractivity contribution in [3.63, 3.8) is 0 Å². The summed E-state index contributed by atoms with van der Waals surface area (Å²) in [6.45, 7) is 6.25. The molecule has 0 amide bonds. The van der Waals surface area contributed by atoms with Crippen molar-refractivity contribution in [3.05, 3.63) is 35.4 Å². The number of halogens is 5.